The molecular weight excluding hydrogens is 200 g/mol. The lowest BCUT2D eigenvalue weighted by atomic mass is 10.1. The fourth-order valence-corrected chi connectivity index (χ4v) is 2.15. The lowest BCUT2D eigenvalue weighted by molar-refractivity contribution is -0.121. The van der Waals surface area contributed by atoms with Crippen LogP contribution in [-0.2, 0) is 11.2 Å². The molecule has 0 radical (unpaired) electrons. The number of anilines is 2. The Morgan fingerprint density at radius 1 is 1.56 bits per heavy atom. The summed E-state index contributed by atoms with van der Waals surface area (Å²) in [4.78, 5) is 14.0. The van der Waals surface area contributed by atoms with Gasteiger partial charge in [-0.1, -0.05) is 26.0 Å². The number of hydrogen-bond acceptors (Lipinski definition) is 2. The van der Waals surface area contributed by atoms with Crippen LogP contribution in [0.3, 0.4) is 0 Å². The van der Waals surface area contributed by atoms with E-state index >= 15 is 0 Å². The lowest BCUT2D eigenvalue weighted by Gasteiger charge is -2.22. The van der Waals surface area contributed by atoms with Gasteiger partial charge in [0.2, 0.25) is 5.91 Å². The van der Waals surface area contributed by atoms with Gasteiger partial charge in [-0.15, -0.1) is 0 Å². The molecule has 1 aliphatic rings. The van der Waals surface area contributed by atoms with Gasteiger partial charge in [0, 0.05) is 12.5 Å². The Bertz CT molecular complexity index is 414. The van der Waals surface area contributed by atoms with Gasteiger partial charge in [-0.2, -0.15) is 0 Å². The fraction of sp³-hybridized carbons (Fsp3) is 0.462. The number of nitrogens with zero attached hydrogens (tertiary/aromatic N) is 1. The van der Waals surface area contributed by atoms with Crippen molar-refractivity contribution in [2.24, 2.45) is 5.92 Å². The molecular formula is C13H18N2O. The van der Waals surface area contributed by atoms with E-state index in [2.05, 4.69) is 6.07 Å². The summed E-state index contributed by atoms with van der Waals surface area (Å²) >= 11 is 0. The zero-order valence-electron chi connectivity index (χ0n) is 9.86. The fourth-order valence-electron chi connectivity index (χ4n) is 2.15. The largest absolute Gasteiger partial charge is 0.397 e. The minimum atomic E-state index is 0.0746. The predicted molar refractivity (Wildman–Crippen MR) is 66.4 cm³/mol. The monoisotopic (exact) mass is 218 g/mol. The second kappa shape index (κ2) is 4.16. The molecule has 1 heterocycles. The molecule has 0 spiro atoms. The van der Waals surface area contributed by atoms with Gasteiger partial charge in [0.05, 0.1) is 11.4 Å². The molecule has 1 atom stereocenters. The standard InChI is InChI=1S/C13H18N2O/c1-3-9(2)13(16)15-8-7-10-5-4-6-11(14)12(10)15/h4-6,9H,3,7-8,14H2,1-2H3. The molecule has 2 N–H and O–H groups in total. The van der Waals surface area contributed by atoms with Crippen LogP contribution >= 0.6 is 0 Å². The number of hydrogen-bond donors (Lipinski definition) is 1. The number of fused-ring (bicyclic) bond motifs is 1. The molecule has 86 valence electrons. The molecule has 3 heteroatoms. The third-order valence-corrected chi connectivity index (χ3v) is 3.33. The number of rotatable bonds is 2. The van der Waals surface area contributed by atoms with E-state index in [0.29, 0.717) is 5.69 Å². The van der Waals surface area contributed by atoms with Crippen molar-refractivity contribution in [3.05, 3.63) is 23.8 Å². The van der Waals surface area contributed by atoms with Crippen molar-refractivity contribution >= 4 is 17.3 Å². The Balaban J connectivity index is 2.33. The molecule has 0 fully saturated rings. The summed E-state index contributed by atoms with van der Waals surface area (Å²) in [5.74, 6) is 0.268. The first-order chi connectivity index (χ1) is 7.65. The van der Waals surface area contributed by atoms with Crippen molar-refractivity contribution in [2.75, 3.05) is 17.2 Å². The summed E-state index contributed by atoms with van der Waals surface area (Å²) in [7, 11) is 0. The molecule has 0 aliphatic carbocycles. The molecule has 0 bridgehead atoms. The van der Waals surface area contributed by atoms with Crippen molar-refractivity contribution in [3.8, 4) is 0 Å². The van der Waals surface area contributed by atoms with E-state index in [-0.39, 0.29) is 11.8 Å². The van der Waals surface area contributed by atoms with Crippen LogP contribution in [0, 0.1) is 5.92 Å². The number of benzene rings is 1. The molecule has 2 rings (SSSR count). The topological polar surface area (TPSA) is 46.3 Å². The molecule has 0 saturated carbocycles. The van der Waals surface area contributed by atoms with E-state index in [1.807, 2.05) is 30.9 Å². The average Bonchev–Trinajstić information content (AvgIpc) is 2.72. The van der Waals surface area contributed by atoms with Crippen LogP contribution in [0.2, 0.25) is 0 Å². The second-order valence-corrected chi connectivity index (χ2v) is 4.40. The molecule has 1 unspecified atom stereocenters. The Morgan fingerprint density at radius 3 is 3.00 bits per heavy atom. The van der Waals surface area contributed by atoms with Crippen LogP contribution in [0.4, 0.5) is 11.4 Å². The zero-order chi connectivity index (χ0) is 11.7. The maximum Gasteiger partial charge on any atom is 0.229 e. The highest BCUT2D eigenvalue weighted by atomic mass is 16.2. The van der Waals surface area contributed by atoms with Crippen molar-refractivity contribution < 1.29 is 4.79 Å². The van der Waals surface area contributed by atoms with Gasteiger partial charge in [0.25, 0.3) is 0 Å². The van der Waals surface area contributed by atoms with E-state index in [4.69, 9.17) is 5.73 Å². The minimum absolute atomic E-state index is 0.0746. The Kier molecular flexibility index (Phi) is 2.86. The molecule has 1 aliphatic heterocycles. The van der Waals surface area contributed by atoms with Gasteiger partial charge in [0.1, 0.15) is 0 Å². The molecule has 1 amide bonds. The highest BCUT2D eigenvalue weighted by molar-refractivity contribution is 5.99. The molecule has 0 aromatic heterocycles. The van der Waals surface area contributed by atoms with Gasteiger partial charge in [-0.25, -0.2) is 0 Å². The Morgan fingerprint density at radius 2 is 2.31 bits per heavy atom. The molecule has 0 saturated heterocycles. The highest BCUT2D eigenvalue weighted by Gasteiger charge is 2.28. The lowest BCUT2D eigenvalue weighted by Crippen LogP contribution is -2.33. The summed E-state index contributed by atoms with van der Waals surface area (Å²) in [6.07, 6.45) is 1.79. The van der Waals surface area contributed by atoms with E-state index in [0.717, 1.165) is 25.1 Å². The first kappa shape index (κ1) is 11.0. The molecule has 16 heavy (non-hydrogen) atoms. The summed E-state index contributed by atoms with van der Waals surface area (Å²) in [6, 6.07) is 5.86. The smallest absolute Gasteiger partial charge is 0.229 e. The Hall–Kier alpha value is -1.51. The maximum absolute atomic E-state index is 12.2. The number of para-hydroxylation sites is 1. The van der Waals surface area contributed by atoms with Crippen LogP contribution in [0.25, 0.3) is 0 Å². The van der Waals surface area contributed by atoms with E-state index in [1.165, 1.54) is 5.56 Å². The number of amides is 1. The van der Waals surface area contributed by atoms with Crippen LogP contribution in [0.1, 0.15) is 25.8 Å². The summed E-state index contributed by atoms with van der Waals surface area (Å²) in [6.45, 7) is 4.78. The van der Waals surface area contributed by atoms with Crippen molar-refractivity contribution in [1.82, 2.24) is 0 Å². The quantitative estimate of drug-likeness (QED) is 0.773. The molecule has 3 nitrogen and oxygen atoms in total. The zero-order valence-corrected chi connectivity index (χ0v) is 9.86. The Labute approximate surface area is 96.2 Å². The first-order valence-electron chi connectivity index (χ1n) is 5.84. The van der Waals surface area contributed by atoms with Crippen LogP contribution in [0.5, 0.6) is 0 Å². The summed E-state index contributed by atoms with van der Waals surface area (Å²) in [5, 5.41) is 0. The number of nitrogen functional groups attached to an aromatic ring is 1. The number of nitrogens with two attached hydrogens (primary N) is 1. The predicted octanol–water partition coefficient (Wildman–Crippen LogP) is 2.20. The second-order valence-electron chi connectivity index (χ2n) is 4.40. The molecule has 1 aromatic carbocycles. The van der Waals surface area contributed by atoms with Gasteiger partial charge in [-0.3, -0.25) is 4.79 Å². The highest BCUT2D eigenvalue weighted by Crippen LogP contribution is 2.34. The van der Waals surface area contributed by atoms with Crippen LogP contribution < -0.4 is 10.6 Å². The van der Waals surface area contributed by atoms with Crippen LogP contribution in [-0.4, -0.2) is 12.5 Å². The summed E-state index contributed by atoms with van der Waals surface area (Å²) in [5.41, 5.74) is 8.79. The third kappa shape index (κ3) is 1.66. The van der Waals surface area contributed by atoms with Crippen molar-refractivity contribution in [1.29, 1.82) is 0 Å². The number of carbonyl (C=O) groups excluding carboxylic acids is 1. The minimum Gasteiger partial charge on any atom is -0.397 e. The SMILES string of the molecule is CCC(C)C(=O)N1CCc2cccc(N)c21. The van der Waals surface area contributed by atoms with E-state index in [9.17, 15) is 4.79 Å². The van der Waals surface area contributed by atoms with Crippen molar-refractivity contribution in [2.45, 2.75) is 26.7 Å². The van der Waals surface area contributed by atoms with Gasteiger partial charge in [0.15, 0.2) is 0 Å². The van der Waals surface area contributed by atoms with Gasteiger partial charge < -0.3 is 10.6 Å². The first-order valence-corrected chi connectivity index (χ1v) is 5.84. The van der Waals surface area contributed by atoms with Gasteiger partial charge in [-0.05, 0) is 24.5 Å². The number of carbonyl (C=O) groups is 1. The normalized spacial score (nSPS) is 16.0. The van der Waals surface area contributed by atoms with E-state index < -0.39 is 0 Å². The van der Waals surface area contributed by atoms with Gasteiger partial charge >= 0.3 is 0 Å². The molecule has 1 aromatic rings. The average molecular weight is 218 g/mol. The summed E-state index contributed by atoms with van der Waals surface area (Å²) < 4.78 is 0. The third-order valence-electron chi connectivity index (χ3n) is 3.33. The van der Waals surface area contributed by atoms with Crippen molar-refractivity contribution in [3.63, 3.8) is 0 Å². The van der Waals surface area contributed by atoms with E-state index in [1.54, 1.807) is 0 Å². The van der Waals surface area contributed by atoms with Crippen LogP contribution in [0.15, 0.2) is 18.2 Å². The maximum atomic E-state index is 12.2.